The molecule has 0 saturated heterocycles. The van der Waals surface area contributed by atoms with Gasteiger partial charge < -0.3 is 20.3 Å². The number of carbonyl (C=O) groups excluding carboxylic acids is 1. The Kier molecular flexibility index (Phi) is 7.15. The fourth-order valence-corrected chi connectivity index (χ4v) is 2.14. The highest BCUT2D eigenvalue weighted by Crippen LogP contribution is 2.37. The van der Waals surface area contributed by atoms with Crippen LogP contribution in [0.4, 0.5) is 23.7 Å². The molecule has 152 valence electrons. The van der Waals surface area contributed by atoms with Crippen LogP contribution in [-0.2, 0) is 10.9 Å². The van der Waals surface area contributed by atoms with Crippen molar-refractivity contribution in [2.45, 2.75) is 51.2 Å². The summed E-state index contributed by atoms with van der Waals surface area (Å²) in [6.07, 6.45) is -8.98. The molecule has 2 atom stereocenters. The summed E-state index contributed by atoms with van der Waals surface area (Å²) in [5, 5.41) is 33.2. The first-order valence-corrected chi connectivity index (χ1v) is 7.91. The Morgan fingerprint density at radius 3 is 2.37 bits per heavy atom. The van der Waals surface area contributed by atoms with Crippen LogP contribution in [0.25, 0.3) is 0 Å². The smallest absolute Gasteiger partial charge is 0.422 e. The number of nitro groups is 1. The third-order valence-corrected chi connectivity index (χ3v) is 3.34. The number of hydrogen-bond donors (Lipinski definition) is 3. The maximum Gasteiger partial charge on any atom is 0.422 e. The minimum absolute atomic E-state index is 0.0874. The molecular weight excluding hydrogens is 373 g/mol. The molecule has 1 aromatic rings. The molecule has 27 heavy (non-hydrogen) atoms. The predicted molar refractivity (Wildman–Crippen MR) is 87.9 cm³/mol. The van der Waals surface area contributed by atoms with Gasteiger partial charge in [0, 0.05) is 12.6 Å². The second kappa shape index (κ2) is 8.53. The molecule has 0 bridgehead atoms. The van der Waals surface area contributed by atoms with Crippen LogP contribution in [0.5, 0.6) is 0 Å². The van der Waals surface area contributed by atoms with Crippen molar-refractivity contribution in [3.63, 3.8) is 0 Å². The summed E-state index contributed by atoms with van der Waals surface area (Å²) >= 11 is 0. The van der Waals surface area contributed by atoms with E-state index < -0.39 is 46.3 Å². The number of ether oxygens (including phenoxy) is 1. The number of halogens is 3. The van der Waals surface area contributed by atoms with Gasteiger partial charge in [-0.2, -0.15) is 13.2 Å². The molecule has 0 aliphatic rings. The Labute approximate surface area is 153 Å². The standard InChI is InChI=1S/C16H21F3N2O6/c1-15(2,3)27-14(24)20-7-6-12(22)13(23)9-4-5-10(16(17,18)19)11(8-9)21(25)26/h4-5,8,12-13,22-23H,6-7H2,1-3H3,(H,20,24). The third-order valence-electron chi connectivity index (χ3n) is 3.34. The second-order valence-electron chi connectivity index (χ2n) is 6.76. The monoisotopic (exact) mass is 394 g/mol. The third kappa shape index (κ3) is 7.02. The molecule has 1 rings (SSSR count). The highest BCUT2D eigenvalue weighted by molar-refractivity contribution is 5.67. The van der Waals surface area contributed by atoms with Gasteiger partial charge in [-0.1, -0.05) is 6.07 Å². The van der Waals surface area contributed by atoms with Gasteiger partial charge in [0.2, 0.25) is 0 Å². The van der Waals surface area contributed by atoms with Crippen LogP contribution in [0, 0.1) is 10.1 Å². The summed E-state index contributed by atoms with van der Waals surface area (Å²) in [6.45, 7) is 4.88. The van der Waals surface area contributed by atoms with Crippen molar-refractivity contribution < 1.29 is 37.8 Å². The molecular formula is C16H21F3N2O6. The number of alkyl carbamates (subject to hydrolysis) is 1. The van der Waals surface area contributed by atoms with Crippen LogP contribution in [0.1, 0.15) is 44.4 Å². The zero-order valence-corrected chi connectivity index (χ0v) is 14.9. The maximum absolute atomic E-state index is 12.8. The molecule has 0 fully saturated rings. The van der Waals surface area contributed by atoms with E-state index in [9.17, 15) is 38.3 Å². The first-order chi connectivity index (χ1) is 12.2. The summed E-state index contributed by atoms with van der Waals surface area (Å²) in [4.78, 5) is 21.1. The van der Waals surface area contributed by atoms with E-state index in [0.29, 0.717) is 12.1 Å². The van der Waals surface area contributed by atoms with E-state index in [1.807, 2.05) is 0 Å². The van der Waals surface area contributed by atoms with E-state index in [4.69, 9.17) is 4.74 Å². The zero-order valence-electron chi connectivity index (χ0n) is 14.9. The van der Waals surface area contributed by atoms with Gasteiger partial charge in [-0.05, 0) is 38.8 Å². The van der Waals surface area contributed by atoms with Gasteiger partial charge in [-0.25, -0.2) is 4.79 Å². The van der Waals surface area contributed by atoms with Gasteiger partial charge in [0.25, 0.3) is 5.69 Å². The van der Waals surface area contributed by atoms with Crippen molar-refractivity contribution in [2.75, 3.05) is 6.54 Å². The molecule has 1 aromatic carbocycles. The van der Waals surface area contributed by atoms with Crippen LogP contribution in [0.15, 0.2) is 18.2 Å². The Balaban J connectivity index is 2.78. The number of aliphatic hydroxyl groups excluding tert-OH is 2. The highest BCUT2D eigenvalue weighted by Gasteiger charge is 2.38. The number of nitrogens with zero attached hydrogens (tertiary/aromatic N) is 1. The van der Waals surface area contributed by atoms with Crippen molar-refractivity contribution in [1.82, 2.24) is 5.32 Å². The SMILES string of the molecule is CC(C)(C)OC(=O)NCCC(O)C(O)c1ccc(C(F)(F)F)c([N+](=O)[O-])c1. The molecule has 8 nitrogen and oxygen atoms in total. The average Bonchev–Trinajstić information content (AvgIpc) is 2.50. The quantitative estimate of drug-likeness (QED) is 0.504. The number of carbonyl (C=O) groups is 1. The van der Waals surface area contributed by atoms with E-state index in [1.165, 1.54) is 0 Å². The first-order valence-electron chi connectivity index (χ1n) is 7.91. The second-order valence-corrected chi connectivity index (χ2v) is 6.76. The molecule has 0 aliphatic heterocycles. The van der Waals surface area contributed by atoms with Crippen LogP contribution in [0.2, 0.25) is 0 Å². The largest absolute Gasteiger partial charge is 0.444 e. The Bertz CT molecular complexity index is 688. The number of aliphatic hydroxyl groups is 2. The van der Waals surface area contributed by atoms with Gasteiger partial charge in [0.05, 0.1) is 11.0 Å². The number of hydrogen-bond acceptors (Lipinski definition) is 6. The van der Waals surface area contributed by atoms with Crippen molar-refractivity contribution in [3.05, 3.63) is 39.4 Å². The van der Waals surface area contributed by atoms with Crippen LogP contribution in [-0.4, -0.2) is 39.5 Å². The maximum atomic E-state index is 12.8. The van der Waals surface area contributed by atoms with Crippen molar-refractivity contribution >= 4 is 11.8 Å². The summed E-state index contributed by atoms with van der Waals surface area (Å²) in [7, 11) is 0. The van der Waals surface area contributed by atoms with Gasteiger partial charge in [0.1, 0.15) is 17.3 Å². The minimum Gasteiger partial charge on any atom is -0.444 e. The lowest BCUT2D eigenvalue weighted by Gasteiger charge is -2.21. The number of rotatable bonds is 6. The summed E-state index contributed by atoms with van der Waals surface area (Å²) < 4.78 is 43.4. The van der Waals surface area contributed by atoms with E-state index in [-0.39, 0.29) is 18.5 Å². The van der Waals surface area contributed by atoms with Crippen LogP contribution >= 0.6 is 0 Å². The van der Waals surface area contributed by atoms with Crippen molar-refractivity contribution in [1.29, 1.82) is 0 Å². The lowest BCUT2D eigenvalue weighted by molar-refractivity contribution is -0.388. The molecule has 3 N–H and O–H groups in total. The first kappa shape index (κ1) is 22.6. The van der Waals surface area contributed by atoms with Crippen molar-refractivity contribution in [3.8, 4) is 0 Å². The Morgan fingerprint density at radius 2 is 1.89 bits per heavy atom. The fourth-order valence-electron chi connectivity index (χ4n) is 2.14. The highest BCUT2D eigenvalue weighted by atomic mass is 19.4. The average molecular weight is 394 g/mol. The van der Waals surface area contributed by atoms with E-state index >= 15 is 0 Å². The molecule has 0 aromatic heterocycles. The van der Waals surface area contributed by atoms with E-state index in [2.05, 4.69) is 5.32 Å². The number of alkyl halides is 3. The van der Waals surface area contributed by atoms with Crippen LogP contribution in [0.3, 0.4) is 0 Å². The van der Waals surface area contributed by atoms with Gasteiger partial charge in [0.15, 0.2) is 0 Å². The minimum atomic E-state index is -4.93. The number of nitro benzene ring substituents is 1. The normalized spacial score (nSPS) is 14.4. The molecule has 11 heteroatoms. The lowest BCUT2D eigenvalue weighted by atomic mass is 9.99. The number of benzene rings is 1. The summed E-state index contributed by atoms with van der Waals surface area (Å²) in [5.74, 6) is 0. The molecule has 0 aliphatic carbocycles. The van der Waals surface area contributed by atoms with Crippen LogP contribution < -0.4 is 5.32 Å². The molecule has 0 radical (unpaired) electrons. The topological polar surface area (TPSA) is 122 Å². The zero-order chi connectivity index (χ0) is 21.0. The Hall–Kier alpha value is -2.40. The van der Waals surface area contributed by atoms with Gasteiger partial charge in [-0.15, -0.1) is 0 Å². The van der Waals surface area contributed by atoms with Gasteiger partial charge >= 0.3 is 12.3 Å². The van der Waals surface area contributed by atoms with Gasteiger partial charge in [-0.3, -0.25) is 10.1 Å². The summed E-state index contributed by atoms with van der Waals surface area (Å²) in [6, 6.07) is 1.89. The number of amides is 1. The Morgan fingerprint density at radius 1 is 1.30 bits per heavy atom. The lowest BCUT2D eigenvalue weighted by Crippen LogP contribution is -2.34. The summed E-state index contributed by atoms with van der Waals surface area (Å²) in [5.41, 5.74) is -3.65. The number of nitrogens with one attached hydrogen (secondary N) is 1. The van der Waals surface area contributed by atoms with E-state index in [0.717, 1.165) is 6.07 Å². The molecule has 2 unspecified atom stereocenters. The molecule has 0 saturated carbocycles. The molecule has 1 amide bonds. The fraction of sp³-hybridized carbons (Fsp3) is 0.562. The van der Waals surface area contributed by atoms with E-state index in [1.54, 1.807) is 20.8 Å². The molecule has 0 spiro atoms. The van der Waals surface area contributed by atoms with Crippen molar-refractivity contribution in [2.24, 2.45) is 0 Å². The predicted octanol–water partition coefficient (Wildman–Crippen LogP) is 2.92. The molecule has 0 heterocycles.